The van der Waals surface area contributed by atoms with Crippen molar-refractivity contribution in [3.8, 4) is 11.3 Å². The normalized spacial score (nSPS) is 10.3. The van der Waals surface area contributed by atoms with Crippen LogP contribution in [0.2, 0.25) is 0 Å². The van der Waals surface area contributed by atoms with Gasteiger partial charge in [-0.1, -0.05) is 5.16 Å². The lowest BCUT2D eigenvalue weighted by Crippen LogP contribution is -1.89. The Morgan fingerprint density at radius 2 is 2.00 bits per heavy atom. The van der Waals surface area contributed by atoms with Crippen molar-refractivity contribution < 1.29 is 13.7 Å². The summed E-state index contributed by atoms with van der Waals surface area (Å²) in [5.74, 6) is -0.0163. The number of hydrogen-bond donors (Lipinski definition) is 0. The summed E-state index contributed by atoms with van der Waals surface area (Å²) in [7, 11) is 0. The highest BCUT2D eigenvalue weighted by Gasteiger charge is 2.09. The minimum atomic E-state index is -0.315. The summed E-state index contributed by atoms with van der Waals surface area (Å²) in [6.07, 6.45) is 0. The van der Waals surface area contributed by atoms with E-state index >= 15 is 0 Å². The maximum absolute atomic E-state index is 12.6. The van der Waals surface area contributed by atoms with E-state index in [0.29, 0.717) is 11.3 Å². The first-order valence-electron chi connectivity index (χ1n) is 4.40. The lowest BCUT2D eigenvalue weighted by Gasteiger charge is -1.93. The van der Waals surface area contributed by atoms with Crippen molar-refractivity contribution in [2.75, 3.05) is 0 Å². The van der Waals surface area contributed by atoms with Gasteiger partial charge in [-0.2, -0.15) is 0 Å². The first kappa shape index (κ1) is 9.58. The van der Waals surface area contributed by atoms with Gasteiger partial charge in [0, 0.05) is 18.6 Å². The molecule has 0 aliphatic rings. The molecule has 0 radical (unpaired) electrons. The molecule has 0 amide bonds. The molecule has 0 atom stereocenters. The molecule has 3 nitrogen and oxygen atoms in total. The molecule has 1 aromatic heterocycles. The number of halogens is 1. The summed E-state index contributed by atoms with van der Waals surface area (Å²) in [6.45, 7) is 1.41. The SMILES string of the molecule is CC(=O)c1cc(-c2ccc(F)cc2)on1. The van der Waals surface area contributed by atoms with Crippen LogP contribution in [0.25, 0.3) is 11.3 Å². The zero-order valence-corrected chi connectivity index (χ0v) is 8.03. The molecule has 4 heteroatoms. The van der Waals surface area contributed by atoms with Crippen molar-refractivity contribution in [1.29, 1.82) is 0 Å². The summed E-state index contributed by atoms with van der Waals surface area (Å²) in [5, 5.41) is 3.60. The van der Waals surface area contributed by atoms with Gasteiger partial charge in [-0.05, 0) is 24.3 Å². The number of ketones is 1. The molecule has 0 N–H and O–H groups in total. The number of nitrogens with zero attached hydrogens (tertiary/aromatic N) is 1. The van der Waals surface area contributed by atoms with E-state index in [9.17, 15) is 9.18 Å². The van der Waals surface area contributed by atoms with Gasteiger partial charge in [-0.15, -0.1) is 0 Å². The third-order valence-electron chi connectivity index (χ3n) is 2.00. The van der Waals surface area contributed by atoms with E-state index < -0.39 is 0 Å². The Bertz CT molecular complexity index is 488. The summed E-state index contributed by atoms with van der Waals surface area (Å²) < 4.78 is 17.6. The largest absolute Gasteiger partial charge is 0.356 e. The number of rotatable bonds is 2. The van der Waals surface area contributed by atoms with E-state index in [1.54, 1.807) is 12.1 Å². The number of benzene rings is 1. The zero-order chi connectivity index (χ0) is 10.8. The van der Waals surface area contributed by atoms with Crippen molar-refractivity contribution in [3.05, 3.63) is 41.8 Å². The lowest BCUT2D eigenvalue weighted by molar-refractivity contribution is 0.100. The molecule has 0 spiro atoms. The second-order valence-electron chi connectivity index (χ2n) is 3.14. The maximum atomic E-state index is 12.6. The number of carbonyl (C=O) groups excluding carboxylic acids is 1. The first-order valence-corrected chi connectivity index (χ1v) is 4.40. The predicted molar refractivity (Wildman–Crippen MR) is 51.9 cm³/mol. The van der Waals surface area contributed by atoms with Crippen molar-refractivity contribution in [3.63, 3.8) is 0 Å². The smallest absolute Gasteiger partial charge is 0.181 e. The maximum Gasteiger partial charge on any atom is 0.181 e. The van der Waals surface area contributed by atoms with Crippen LogP contribution in [0.15, 0.2) is 34.9 Å². The monoisotopic (exact) mass is 205 g/mol. The van der Waals surface area contributed by atoms with Gasteiger partial charge in [0.15, 0.2) is 11.5 Å². The second-order valence-corrected chi connectivity index (χ2v) is 3.14. The minimum absolute atomic E-state index is 0.160. The minimum Gasteiger partial charge on any atom is -0.356 e. The van der Waals surface area contributed by atoms with Gasteiger partial charge >= 0.3 is 0 Å². The average molecular weight is 205 g/mol. The Labute approximate surface area is 85.5 Å². The highest BCUT2D eigenvalue weighted by Crippen LogP contribution is 2.20. The van der Waals surface area contributed by atoms with E-state index in [2.05, 4.69) is 5.16 Å². The third-order valence-corrected chi connectivity index (χ3v) is 2.00. The van der Waals surface area contributed by atoms with Gasteiger partial charge < -0.3 is 4.52 Å². The molecule has 2 rings (SSSR count). The van der Waals surface area contributed by atoms with Crippen molar-refractivity contribution in [1.82, 2.24) is 5.16 Å². The molecule has 15 heavy (non-hydrogen) atoms. The molecule has 1 heterocycles. The van der Waals surface area contributed by atoms with E-state index in [4.69, 9.17) is 4.52 Å². The van der Waals surface area contributed by atoms with Crippen LogP contribution in [0.3, 0.4) is 0 Å². The fourth-order valence-corrected chi connectivity index (χ4v) is 1.19. The second kappa shape index (κ2) is 3.65. The predicted octanol–water partition coefficient (Wildman–Crippen LogP) is 2.68. The van der Waals surface area contributed by atoms with E-state index in [1.807, 2.05) is 0 Å². The van der Waals surface area contributed by atoms with Gasteiger partial charge in [0.1, 0.15) is 11.5 Å². The molecule has 0 saturated carbocycles. The fraction of sp³-hybridized carbons (Fsp3) is 0.0909. The molecule has 76 valence electrons. The van der Waals surface area contributed by atoms with Crippen LogP contribution in [0.4, 0.5) is 4.39 Å². The van der Waals surface area contributed by atoms with Crippen molar-refractivity contribution in [2.24, 2.45) is 0 Å². The van der Waals surface area contributed by atoms with Crippen LogP contribution >= 0.6 is 0 Å². The van der Waals surface area contributed by atoms with Gasteiger partial charge in [0.2, 0.25) is 0 Å². The Balaban J connectivity index is 2.37. The molecular weight excluding hydrogens is 197 g/mol. The van der Waals surface area contributed by atoms with Crippen LogP contribution < -0.4 is 0 Å². The molecular formula is C11H8FNO2. The van der Waals surface area contributed by atoms with Crippen LogP contribution in [0, 0.1) is 5.82 Å². The molecule has 2 aromatic rings. The highest BCUT2D eigenvalue weighted by molar-refractivity contribution is 5.92. The summed E-state index contributed by atoms with van der Waals surface area (Å²) in [6, 6.07) is 7.33. The van der Waals surface area contributed by atoms with Gasteiger partial charge in [0.05, 0.1) is 0 Å². The fourth-order valence-electron chi connectivity index (χ4n) is 1.19. The number of carbonyl (C=O) groups is 1. The van der Waals surface area contributed by atoms with Crippen LogP contribution in [-0.2, 0) is 0 Å². The van der Waals surface area contributed by atoms with E-state index in [1.165, 1.54) is 25.1 Å². The van der Waals surface area contributed by atoms with Crippen molar-refractivity contribution in [2.45, 2.75) is 6.92 Å². The molecule has 1 aromatic carbocycles. The quantitative estimate of drug-likeness (QED) is 0.708. The summed E-state index contributed by atoms with van der Waals surface area (Å²) >= 11 is 0. The van der Waals surface area contributed by atoms with E-state index in [0.717, 1.165) is 0 Å². The molecule has 0 saturated heterocycles. The van der Waals surface area contributed by atoms with Crippen LogP contribution in [0.1, 0.15) is 17.4 Å². The van der Waals surface area contributed by atoms with Crippen LogP contribution in [0.5, 0.6) is 0 Å². The topological polar surface area (TPSA) is 43.1 Å². The zero-order valence-electron chi connectivity index (χ0n) is 8.03. The van der Waals surface area contributed by atoms with Gasteiger partial charge in [-0.25, -0.2) is 4.39 Å². The number of hydrogen-bond acceptors (Lipinski definition) is 3. The van der Waals surface area contributed by atoms with Gasteiger partial charge in [-0.3, -0.25) is 4.79 Å². The van der Waals surface area contributed by atoms with Crippen LogP contribution in [-0.4, -0.2) is 10.9 Å². The lowest BCUT2D eigenvalue weighted by atomic mass is 10.1. The Morgan fingerprint density at radius 3 is 2.53 bits per heavy atom. The third kappa shape index (κ3) is 1.93. The Morgan fingerprint density at radius 1 is 1.33 bits per heavy atom. The standard InChI is InChI=1S/C11H8FNO2/c1-7(14)10-6-11(15-13-10)8-2-4-9(12)5-3-8/h2-6H,1H3. The van der Waals surface area contributed by atoms with Crippen molar-refractivity contribution >= 4 is 5.78 Å². The molecule has 0 unspecified atom stereocenters. The molecule has 0 aliphatic heterocycles. The number of Topliss-reactive ketones (excluding diaryl/α,β-unsaturated/α-hetero) is 1. The van der Waals surface area contributed by atoms with Gasteiger partial charge in [0.25, 0.3) is 0 Å². The highest BCUT2D eigenvalue weighted by atomic mass is 19.1. The molecule has 0 fully saturated rings. The van der Waals surface area contributed by atoms with E-state index in [-0.39, 0.29) is 17.3 Å². The summed E-state index contributed by atoms with van der Waals surface area (Å²) in [5.41, 5.74) is 0.964. The molecule has 0 aliphatic carbocycles. The Hall–Kier alpha value is -1.97. The number of aromatic nitrogens is 1. The first-order chi connectivity index (χ1) is 7.16. The molecule has 0 bridgehead atoms. The summed E-state index contributed by atoms with van der Waals surface area (Å²) in [4.78, 5) is 11.0. The average Bonchev–Trinajstić information content (AvgIpc) is 2.68. The Kier molecular flexibility index (Phi) is 2.33.